The summed E-state index contributed by atoms with van der Waals surface area (Å²) in [6.45, 7) is 4.43. The van der Waals surface area contributed by atoms with Gasteiger partial charge in [-0.2, -0.15) is 5.10 Å². The van der Waals surface area contributed by atoms with E-state index in [-0.39, 0.29) is 17.8 Å². The van der Waals surface area contributed by atoms with Crippen molar-refractivity contribution in [1.82, 2.24) is 9.78 Å². The average molecular weight is 264 g/mol. The number of halogens is 2. The van der Waals surface area contributed by atoms with Gasteiger partial charge in [0.2, 0.25) is 0 Å². The normalized spacial score (nSPS) is 10.7. The third kappa shape index (κ3) is 2.86. The summed E-state index contributed by atoms with van der Waals surface area (Å²) in [4.78, 5) is 12.0. The van der Waals surface area contributed by atoms with Gasteiger partial charge in [0.25, 0.3) is 0 Å². The van der Waals surface area contributed by atoms with Crippen LogP contribution in [0.15, 0.2) is 24.3 Å². The Morgan fingerprint density at radius 3 is 2.63 bits per heavy atom. The molecule has 5 heteroatoms. The van der Waals surface area contributed by atoms with Crippen LogP contribution in [0.2, 0.25) is 0 Å². The molecular formula is C14H14F2N2O. The Kier molecular flexibility index (Phi) is 3.74. The Balaban J connectivity index is 2.22. The standard InChI is InChI=1S/C14H14F2N2O/c1-3-18-11(6-9(2)17-18)8-14(19)10-4-5-12(15)13(16)7-10/h4-7H,3,8H2,1-2H3. The molecule has 0 N–H and O–H groups in total. The molecule has 3 nitrogen and oxygen atoms in total. The van der Waals surface area contributed by atoms with Crippen molar-refractivity contribution in [2.45, 2.75) is 26.8 Å². The average Bonchev–Trinajstić information content (AvgIpc) is 2.72. The van der Waals surface area contributed by atoms with E-state index in [4.69, 9.17) is 0 Å². The minimum Gasteiger partial charge on any atom is -0.294 e. The molecule has 100 valence electrons. The fourth-order valence-electron chi connectivity index (χ4n) is 1.95. The Bertz CT molecular complexity index is 620. The van der Waals surface area contributed by atoms with Crippen molar-refractivity contribution >= 4 is 5.78 Å². The molecule has 19 heavy (non-hydrogen) atoms. The smallest absolute Gasteiger partial charge is 0.168 e. The third-order valence-corrected chi connectivity index (χ3v) is 2.87. The van der Waals surface area contributed by atoms with Crippen molar-refractivity contribution < 1.29 is 13.6 Å². The van der Waals surface area contributed by atoms with Crippen molar-refractivity contribution in [3.63, 3.8) is 0 Å². The number of rotatable bonds is 4. The lowest BCUT2D eigenvalue weighted by molar-refractivity contribution is 0.0990. The topological polar surface area (TPSA) is 34.9 Å². The molecule has 0 spiro atoms. The first-order valence-electron chi connectivity index (χ1n) is 6.03. The van der Waals surface area contributed by atoms with Crippen molar-refractivity contribution in [1.29, 1.82) is 0 Å². The molecule has 1 aromatic carbocycles. The van der Waals surface area contributed by atoms with Gasteiger partial charge in [0.05, 0.1) is 12.1 Å². The van der Waals surface area contributed by atoms with E-state index in [1.165, 1.54) is 6.07 Å². The number of carbonyl (C=O) groups excluding carboxylic acids is 1. The molecule has 0 aliphatic carbocycles. The van der Waals surface area contributed by atoms with Gasteiger partial charge in [-0.3, -0.25) is 9.48 Å². The van der Waals surface area contributed by atoms with Gasteiger partial charge in [0, 0.05) is 17.8 Å². The predicted octanol–water partition coefficient (Wildman–Crippen LogP) is 2.92. The molecule has 0 unspecified atom stereocenters. The summed E-state index contributed by atoms with van der Waals surface area (Å²) < 4.78 is 27.6. The highest BCUT2D eigenvalue weighted by molar-refractivity contribution is 5.97. The van der Waals surface area contributed by atoms with Gasteiger partial charge in [-0.1, -0.05) is 0 Å². The highest BCUT2D eigenvalue weighted by Crippen LogP contribution is 2.13. The largest absolute Gasteiger partial charge is 0.294 e. The van der Waals surface area contributed by atoms with E-state index in [0.717, 1.165) is 23.5 Å². The Labute approximate surface area is 109 Å². The maximum Gasteiger partial charge on any atom is 0.168 e. The summed E-state index contributed by atoms with van der Waals surface area (Å²) in [5.41, 5.74) is 1.77. The summed E-state index contributed by atoms with van der Waals surface area (Å²) in [7, 11) is 0. The van der Waals surface area contributed by atoms with Gasteiger partial charge in [-0.25, -0.2) is 8.78 Å². The molecule has 0 aliphatic rings. The van der Waals surface area contributed by atoms with Crippen molar-refractivity contribution in [3.8, 4) is 0 Å². The Morgan fingerprint density at radius 2 is 2.00 bits per heavy atom. The van der Waals surface area contributed by atoms with Gasteiger partial charge < -0.3 is 0 Å². The highest BCUT2D eigenvalue weighted by atomic mass is 19.2. The molecule has 2 aromatic rings. The number of ketones is 1. The summed E-state index contributed by atoms with van der Waals surface area (Å²) in [6, 6.07) is 5.00. The van der Waals surface area contributed by atoms with Crippen molar-refractivity contribution in [3.05, 3.63) is 52.9 Å². The zero-order valence-electron chi connectivity index (χ0n) is 10.8. The monoisotopic (exact) mass is 264 g/mol. The second-order valence-corrected chi connectivity index (χ2v) is 4.32. The molecule has 2 rings (SSSR count). The van der Waals surface area contributed by atoms with E-state index in [1.54, 1.807) is 4.68 Å². The number of hydrogen-bond donors (Lipinski definition) is 0. The number of Topliss-reactive ketones (excluding diaryl/α,β-unsaturated/α-hetero) is 1. The molecule has 0 aliphatic heterocycles. The van der Waals surface area contributed by atoms with Crippen LogP contribution in [0.4, 0.5) is 8.78 Å². The molecule has 0 amide bonds. The van der Waals surface area contributed by atoms with Crippen LogP contribution in [0.5, 0.6) is 0 Å². The summed E-state index contributed by atoms with van der Waals surface area (Å²) in [6.07, 6.45) is 0.125. The lowest BCUT2D eigenvalue weighted by Gasteiger charge is -2.04. The van der Waals surface area contributed by atoms with Gasteiger partial charge in [-0.15, -0.1) is 0 Å². The first-order valence-corrected chi connectivity index (χ1v) is 6.03. The zero-order valence-corrected chi connectivity index (χ0v) is 10.8. The second-order valence-electron chi connectivity index (χ2n) is 4.32. The van der Waals surface area contributed by atoms with Crippen LogP contribution in [0.25, 0.3) is 0 Å². The Hall–Kier alpha value is -2.04. The quantitative estimate of drug-likeness (QED) is 0.796. The number of aromatic nitrogens is 2. The van der Waals surface area contributed by atoms with Gasteiger partial charge >= 0.3 is 0 Å². The number of aryl methyl sites for hydroxylation is 2. The lowest BCUT2D eigenvalue weighted by atomic mass is 10.1. The zero-order chi connectivity index (χ0) is 14.0. The van der Waals surface area contributed by atoms with Crippen LogP contribution in [-0.2, 0) is 13.0 Å². The molecule has 1 heterocycles. The molecule has 0 bridgehead atoms. The minimum atomic E-state index is -1.01. The fourth-order valence-corrected chi connectivity index (χ4v) is 1.95. The van der Waals surface area contributed by atoms with E-state index in [9.17, 15) is 13.6 Å². The van der Waals surface area contributed by atoms with E-state index in [2.05, 4.69) is 5.10 Å². The molecule has 0 saturated carbocycles. The molecule has 0 atom stereocenters. The Morgan fingerprint density at radius 1 is 1.26 bits per heavy atom. The second kappa shape index (κ2) is 5.30. The van der Waals surface area contributed by atoms with Crippen LogP contribution in [-0.4, -0.2) is 15.6 Å². The molecule has 1 aromatic heterocycles. The number of hydrogen-bond acceptors (Lipinski definition) is 2. The third-order valence-electron chi connectivity index (χ3n) is 2.87. The maximum atomic E-state index is 13.1. The number of benzene rings is 1. The molecule has 0 radical (unpaired) electrons. The van der Waals surface area contributed by atoms with Gasteiger partial charge in [0.1, 0.15) is 0 Å². The van der Waals surface area contributed by atoms with Crippen LogP contribution in [0.1, 0.15) is 28.7 Å². The van der Waals surface area contributed by atoms with E-state index in [0.29, 0.717) is 6.54 Å². The predicted molar refractivity (Wildman–Crippen MR) is 67.0 cm³/mol. The van der Waals surface area contributed by atoms with E-state index in [1.807, 2.05) is 19.9 Å². The van der Waals surface area contributed by atoms with Crippen molar-refractivity contribution in [2.24, 2.45) is 0 Å². The number of carbonyl (C=O) groups is 1. The maximum absolute atomic E-state index is 13.1. The van der Waals surface area contributed by atoms with Gasteiger partial charge in [0.15, 0.2) is 17.4 Å². The molecular weight excluding hydrogens is 250 g/mol. The minimum absolute atomic E-state index is 0.125. The van der Waals surface area contributed by atoms with Crippen molar-refractivity contribution in [2.75, 3.05) is 0 Å². The SMILES string of the molecule is CCn1nc(C)cc1CC(=O)c1ccc(F)c(F)c1. The molecule has 0 fully saturated rings. The highest BCUT2D eigenvalue weighted by Gasteiger charge is 2.13. The molecule has 0 saturated heterocycles. The fraction of sp³-hybridized carbons (Fsp3) is 0.286. The van der Waals surface area contributed by atoms with Gasteiger partial charge in [-0.05, 0) is 38.1 Å². The number of nitrogens with zero attached hydrogens (tertiary/aromatic N) is 2. The first-order chi connectivity index (χ1) is 9.01. The van der Waals surface area contributed by atoms with E-state index >= 15 is 0 Å². The van der Waals surface area contributed by atoms with Crippen LogP contribution >= 0.6 is 0 Å². The van der Waals surface area contributed by atoms with Crippen LogP contribution < -0.4 is 0 Å². The van der Waals surface area contributed by atoms with Crippen LogP contribution in [0, 0.1) is 18.6 Å². The van der Waals surface area contributed by atoms with Crippen LogP contribution in [0.3, 0.4) is 0 Å². The summed E-state index contributed by atoms with van der Waals surface area (Å²) >= 11 is 0. The first kappa shape index (κ1) is 13.4. The van der Waals surface area contributed by atoms with E-state index < -0.39 is 11.6 Å². The lowest BCUT2D eigenvalue weighted by Crippen LogP contribution is -2.10. The summed E-state index contributed by atoms with van der Waals surface area (Å²) in [5.74, 6) is -2.22. The summed E-state index contributed by atoms with van der Waals surface area (Å²) in [5, 5.41) is 4.24.